The molecule has 2 nitrogen and oxygen atoms in total. The Hall–Kier alpha value is -2.29. The SMILES string of the molecule is O=C(Oc1ccc(-c2ccccc2)cc1)c1ccc(Cl)cc1Cl. The predicted octanol–water partition coefficient (Wildman–Crippen LogP) is 5.88. The van der Waals surface area contributed by atoms with Crippen LogP contribution in [0.25, 0.3) is 11.1 Å². The van der Waals surface area contributed by atoms with Crippen molar-refractivity contribution in [3.05, 3.63) is 88.4 Å². The Morgan fingerprint density at radius 2 is 1.43 bits per heavy atom. The molecule has 0 atom stereocenters. The maximum absolute atomic E-state index is 12.2. The largest absolute Gasteiger partial charge is 0.423 e. The van der Waals surface area contributed by atoms with E-state index in [0.29, 0.717) is 10.8 Å². The molecule has 3 rings (SSSR count). The van der Waals surface area contributed by atoms with Crippen LogP contribution < -0.4 is 4.74 Å². The molecule has 0 amide bonds. The Labute approximate surface area is 144 Å². The highest BCUT2D eigenvalue weighted by atomic mass is 35.5. The molecule has 0 aliphatic carbocycles. The second-order valence-electron chi connectivity index (χ2n) is 4.90. The van der Waals surface area contributed by atoms with Gasteiger partial charge in [-0.15, -0.1) is 0 Å². The van der Waals surface area contributed by atoms with Crippen LogP contribution in [0.3, 0.4) is 0 Å². The van der Waals surface area contributed by atoms with Crippen LogP contribution in [0.15, 0.2) is 72.8 Å². The van der Waals surface area contributed by atoms with Crippen molar-refractivity contribution in [2.45, 2.75) is 0 Å². The standard InChI is InChI=1S/C19H12Cl2O2/c20-15-8-11-17(18(21)12-15)19(22)23-16-9-6-14(7-10-16)13-4-2-1-3-5-13/h1-12H. The zero-order valence-electron chi connectivity index (χ0n) is 12.0. The average molecular weight is 343 g/mol. The van der Waals surface area contributed by atoms with E-state index in [0.717, 1.165) is 11.1 Å². The van der Waals surface area contributed by atoms with E-state index in [1.54, 1.807) is 24.3 Å². The Morgan fingerprint density at radius 3 is 2.09 bits per heavy atom. The topological polar surface area (TPSA) is 26.3 Å². The number of carbonyl (C=O) groups is 1. The summed E-state index contributed by atoms with van der Waals surface area (Å²) in [5.41, 5.74) is 2.43. The van der Waals surface area contributed by atoms with Crippen molar-refractivity contribution >= 4 is 29.2 Å². The molecule has 0 saturated heterocycles. The fraction of sp³-hybridized carbons (Fsp3) is 0. The number of benzene rings is 3. The van der Waals surface area contributed by atoms with Gasteiger partial charge in [-0.1, -0.05) is 65.7 Å². The van der Waals surface area contributed by atoms with Gasteiger partial charge in [0.25, 0.3) is 0 Å². The third-order valence-corrected chi connectivity index (χ3v) is 3.87. The number of hydrogen-bond acceptors (Lipinski definition) is 2. The first-order valence-electron chi connectivity index (χ1n) is 6.96. The summed E-state index contributed by atoms with van der Waals surface area (Å²) in [7, 11) is 0. The molecule has 3 aromatic carbocycles. The van der Waals surface area contributed by atoms with Crippen LogP contribution in [0.4, 0.5) is 0 Å². The minimum absolute atomic E-state index is 0.267. The molecule has 0 heterocycles. The number of halogens is 2. The van der Waals surface area contributed by atoms with Gasteiger partial charge in [-0.05, 0) is 41.5 Å². The third-order valence-electron chi connectivity index (χ3n) is 3.32. The Balaban J connectivity index is 1.77. The molecule has 0 unspecified atom stereocenters. The fourth-order valence-corrected chi connectivity index (χ4v) is 2.65. The van der Waals surface area contributed by atoms with E-state index in [1.165, 1.54) is 6.07 Å². The number of ether oxygens (including phenoxy) is 1. The summed E-state index contributed by atoms with van der Waals surface area (Å²) >= 11 is 11.8. The highest BCUT2D eigenvalue weighted by Crippen LogP contribution is 2.25. The summed E-state index contributed by atoms with van der Waals surface area (Å²) in [5.74, 6) is -0.0557. The summed E-state index contributed by atoms with van der Waals surface area (Å²) in [5, 5.41) is 0.738. The lowest BCUT2D eigenvalue weighted by Crippen LogP contribution is -2.09. The molecule has 0 N–H and O–H groups in total. The number of esters is 1. The molecule has 0 aliphatic rings. The highest BCUT2D eigenvalue weighted by Gasteiger charge is 2.13. The van der Waals surface area contributed by atoms with Crippen LogP contribution >= 0.6 is 23.2 Å². The van der Waals surface area contributed by atoms with E-state index in [9.17, 15) is 4.79 Å². The van der Waals surface area contributed by atoms with Crippen molar-refractivity contribution in [2.75, 3.05) is 0 Å². The molecule has 0 saturated carbocycles. The van der Waals surface area contributed by atoms with Gasteiger partial charge in [0.1, 0.15) is 5.75 Å². The quantitative estimate of drug-likeness (QED) is 0.438. The summed E-state index contributed by atoms with van der Waals surface area (Å²) in [6, 6.07) is 21.9. The molecule has 0 spiro atoms. The molecule has 0 fully saturated rings. The normalized spacial score (nSPS) is 10.3. The van der Waals surface area contributed by atoms with Crippen molar-refractivity contribution in [3.63, 3.8) is 0 Å². The van der Waals surface area contributed by atoms with Crippen LogP contribution in [0, 0.1) is 0 Å². The highest BCUT2D eigenvalue weighted by molar-refractivity contribution is 6.36. The molecule has 114 valence electrons. The predicted molar refractivity (Wildman–Crippen MR) is 93.3 cm³/mol. The second-order valence-corrected chi connectivity index (χ2v) is 5.75. The van der Waals surface area contributed by atoms with Gasteiger partial charge in [-0.2, -0.15) is 0 Å². The number of rotatable bonds is 3. The van der Waals surface area contributed by atoms with Crippen molar-refractivity contribution in [1.82, 2.24) is 0 Å². The van der Waals surface area contributed by atoms with Crippen LogP contribution in [0.2, 0.25) is 10.0 Å². The molecule has 23 heavy (non-hydrogen) atoms. The summed E-state index contributed by atoms with van der Waals surface area (Å²) in [6.45, 7) is 0. The molecule has 4 heteroatoms. The Kier molecular flexibility index (Phi) is 4.65. The van der Waals surface area contributed by atoms with E-state index in [4.69, 9.17) is 27.9 Å². The van der Waals surface area contributed by atoms with Gasteiger partial charge in [0, 0.05) is 5.02 Å². The van der Waals surface area contributed by atoms with Crippen molar-refractivity contribution < 1.29 is 9.53 Å². The van der Waals surface area contributed by atoms with E-state index >= 15 is 0 Å². The lowest BCUT2D eigenvalue weighted by atomic mass is 10.1. The van der Waals surface area contributed by atoms with E-state index in [-0.39, 0.29) is 10.6 Å². The molecule has 0 bridgehead atoms. The number of carbonyl (C=O) groups excluding carboxylic acids is 1. The first-order chi connectivity index (χ1) is 11.1. The first kappa shape index (κ1) is 15.6. The maximum atomic E-state index is 12.2. The lowest BCUT2D eigenvalue weighted by molar-refractivity contribution is 0.0735. The zero-order chi connectivity index (χ0) is 16.2. The van der Waals surface area contributed by atoms with Crippen molar-refractivity contribution in [2.24, 2.45) is 0 Å². The number of hydrogen-bond donors (Lipinski definition) is 0. The van der Waals surface area contributed by atoms with Gasteiger partial charge in [0.05, 0.1) is 10.6 Å². The Morgan fingerprint density at radius 1 is 0.783 bits per heavy atom. The molecular formula is C19H12Cl2O2. The van der Waals surface area contributed by atoms with E-state index in [2.05, 4.69) is 0 Å². The van der Waals surface area contributed by atoms with Gasteiger partial charge >= 0.3 is 5.97 Å². The molecule has 0 aromatic heterocycles. The Bertz CT molecular complexity index is 828. The molecule has 3 aromatic rings. The van der Waals surface area contributed by atoms with E-state index in [1.807, 2.05) is 42.5 Å². The van der Waals surface area contributed by atoms with Crippen LogP contribution in [0.5, 0.6) is 5.75 Å². The van der Waals surface area contributed by atoms with Gasteiger partial charge in [-0.3, -0.25) is 0 Å². The van der Waals surface area contributed by atoms with Gasteiger partial charge in [0.2, 0.25) is 0 Å². The summed E-state index contributed by atoms with van der Waals surface area (Å²) in [4.78, 5) is 12.2. The first-order valence-corrected chi connectivity index (χ1v) is 7.72. The van der Waals surface area contributed by atoms with Gasteiger partial charge in [-0.25, -0.2) is 4.79 Å². The van der Waals surface area contributed by atoms with Crippen molar-refractivity contribution in [1.29, 1.82) is 0 Å². The van der Waals surface area contributed by atoms with Gasteiger partial charge in [0.15, 0.2) is 0 Å². The molecule has 0 radical (unpaired) electrons. The van der Waals surface area contributed by atoms with Gasteiger partial charge < -0.3 is 4.74 Å². The minimum Gasteiger partial charge on any atom is -0.423 e. The van der Waals surface area contributed by atoms with Crippen LogP contribution in [0.1, 0.15) is 10.4 Å². The monoisotopic (exact) mass is 342 g/mol. The second kappa shape index (κ2) is 6.86. The van der Waals surface area contributed by atoms with E-state index < -0.39 is 5.97 Å². The van der Waals surface area contributed by atoms with Crippen LogP contribution in [-0.2, 0) is 0 Å². The minimum atomic E-state index is -0.515. The maximum Gasteiger partial charge on any atom is 0.345 e. The van der Waals surface area contributed by atoms with Crippen molar-refractivity contribution in [3.8, 4) is 16.9 Å². The third kappa shape index (κ3) is 3.73. The molecular weight excluding hydrogens is 331 g/mol. The van der Waals surface area contributed by atoms with Crippen LogP contribution in [-0.4, -0.2) is 5.97 Å². The summed E-state index contributed by atoms with van der Waals surface area (Å²) in [6.07, 6.45) is 0. The summed E-state index contributed by atoms with van der Waals surface area (Å²) < 4.78 is 5.35. The molecule has 0 aliphatic heterocycles. The average Bonchev–Trinajstić information content (AvgIpc) is 2.56. The smallest absolute Gasteiger partial charge is 0.345 e. The zero-order valence-corrected chi connectivity index (χ0v) is 13.5. The fourth-order valence-electron chi connectivity index (χ4n) is 2.16. The lowest BCUT2D eigenvalue weighted by Gasteiger charge is -2.07.